The molecule has 2 radical (unpaired) electrons. The van der Waals surface area contributed by atoms with Gasteiger partial charge in [-0.05, 0) is 0 Å². The van der Waals surface area contributed by atoms with Gasteiger partial charge in [-0.2, -0.15) is 0 Å². The number of hydrogen-bond donors (Lipinski definition) is 1. The van der Waals surface area contributed by atoms with E-state index in [9.17, 15) is 0 Å². The monoisotopic (exact) mass is 486 g/mol. The van der Waals surface area contributed by atoms with E-state index < -0.39 is 21.1 Å². The number of nitrogens with zero attached hydrogens (tertiary/aromatic N) is 5. The van der Waals surface area contributed by atoms with Crippen LogP contribution < -0.4 is 17.0 Å². The first kappa shape index (κ1) is 17.8. The molecule has 1 aliphatic carbocycles. The van der Waals surface area contributed by atoms with Crippen LogP contribution in [0.1, 0.15) is 36.6 Å². The minimum absolute atomic E-state index is 0.658. The molecule has 8 heteroatoms. The van der Waals surface area contributed by atoms with Crippen molar-refractivity contribution in [3.8, 4) is 0 Å². The van der Waals surface area contributed by atoms with E-state index in [0.29, 0.717) is 5.92 Å². The van der Waals surface area contributed by atoms with Gasteiger partial charge in [0.25, 0.3) is 0 Å². The summed E-state index contributed by atoms with van der Waals surface area (Å²) in [5.41, 5.74) is 3.16. The first-order valence-corrected chi connectivity index (χ1v) is 13.4. The van der Waals surface area contributed by atoms with Crippen molar-refractivity contribution in [1.29, 1.82) is 0 Å². The molecule has 0 aromatic carbocycles. The SMILES string of the molecule is c1nc2cc[c]([Sn][c]3nnc(C4CCCC4)s3)nc2cc1N1CCNCC1. The summed E-state index contributed by atoms with van der Waals surface area (Å²) in [5.74, 6) is 0.658. The van der Waals surface area contributed by atoms with Crippen LogP contribution in [0.5, 0.6) is 0 Å². The molecule has 27 heavy (non-hydrogen) atoms. The number of anilines is 1. The molecule has 1 saturated heterocycles. The molecule has 5 rings (SSSR count). The van der Waals surface area contributed by atoms with Gasteiger partial charge in [0.1, 0.15) is 0 Å². The molecule has 4 heterocycles. The van der Waals surface area contributed by atoms with E-state index in [1.54, 1.807) is 0 Å². The summed E-state index contributed by atoms with van der Waals surface area (Å²) in [5, 5.41) is 13.6. The van der Waals surface area contributed by atoms with Crippen molar-refractivity contribution in [2.75, 3.05) is 31.1 Å². The molecule has 0 spiro atoms. The Kier molecular flexibility index (Phi) is 5.24. The normalized spacial score (nSPS) is 18.4. The average molecular weight is 485 g/mol. The maximum absolute atomic E-state index is 4.94. The zero-order valence-corrected chi connectivity index (χ0v) is 18.9. The van der Waals surface area contributed by atoms with Crippen molar-refractivity contribution in [3.63, 3.8) is 0 Å². The Morgan fingerprint density at radius 1 is 1.07 bits per heavy atom. The Labute approximate surface area is 173 Å². The molecular formula is C19H22N6SSn. The standard InChI is InChI=1S/C12H13N4.C7H9N2S.Sn/c1-2-11-12(14-3-1)8-10(9-15-11)16-6-4-13-5-7-16;1-2-4-6(3-1)7-9-8-5-10-7;/h1-2,8-9,13H,4-7H2;6H,1-4H2;. The van der Waals surface area contributed by atoms with Crippen LogP contribution in [0.15, 0.2) is 24.4 Å². The Morgan fingerprint density at radius 3 is 2.78 bits per heavy atom. The second kappa shape index (κ2) is 7.97. The quantitative estimate of drug-likeness (QED) is 0.561. The number of rotatable bonds is 4. The first-order valence-electron chi connectivity index (χ1n) is 9.68. The Bertz CT molecular complexity index is 933. The van der Waals surface area contributed by atoms with Crippen molar-refractivity contribution in [1.82, 2.24) is 25.5 Å². The van der Waals surface area contributed by atoms with Gasteiger partial charge >= 0.3 is 173 Å². The van der Waals surface area contributed by atoms with Gasteiger partial charge in [-0.25, -0.2) is 0 Å². The van der Waals surface area contributed by atoms with Gasteiger partial charge in [-0.3, -0.25) is 0 Å². The molecule has 1 saturated carbocycles. The number of pyridine rings is 2. The van der Waals surface area contributed by atoms with E-state index in [1.165, 1.54) is 43.1 Å². The van der Waals surface area contributed by atoms with Crippen LogP contribution in [-0.2, 0) is 0 Å². The predicted molar refractivity (Wildman–Crippen MR) is 111 cm³/mol. The summed E-state index contributed by atoms with van der Waals surface area (Å²) in [7, 11) is 0. The van der Waals surface area contributed by atoms with Crippen molar-refractivity contribution < 1.29 is 0 Å². The second-order valence-electron chi connectivity index (χ2n) is 7.22. The van der Waals surface area contributed by atoms with Gasteiger partial charge in [-0.1, -0.05) is 0 Å². The summed E-state index contributed by atoms with van der Waals surface area (Å²) in [6, 6.07) is 6.45. The summed E-state index contributed by atoms with van der Waals surface area (Å²) >= 11 is 0.837. The topological polar surface area (TPSA) is 66.8 Å². The molecular weight excluding hydrogens is 463 g/mol. The fourth-order valence-electron chi connectivity index (χ4n) is 3.89. The number of fused-ring (bicyclic) bond motifs is 1. The van der Waals surface area contributed by atoms with Crippen molar-refractivity contribution >= 4 is 55.9 Å². The second-order valence-corrected chi connectivity index (χ2v) is 12.8. The average Bonchev–Trinajstić information content (AvgIpc) is 3.40. The number of piperazine rings is 1. The van der Waals surface area contributed by atoms with Gasteiger partial charge < -0.3 is 0 Å². The predicted octanol–water partition coefficient (Wildman–Crippen LogP) is 1.20. The van der Waals surface area contributed by atoms with Crippen LogP contribution in [-0.4, -0.2) is 67.5 Å². The van der Waals surface area contributed by atoms with Crippen LogP contribution in [0.25, 0.3) is 11.0 Å². The number of nitrogens with one attached hydrogen (secondary N) is 1. The summed E-state index contributed by atoms with van der Waals surface area (Å²) in [6.45, 7) is 4.11. The van der Waals surface area contributed by atoms with Gasteiger partial charge in [0, 0.05) is 0 Å². The molecule has 1 N–H and O–H groups in total. The molecule has 0 unspecified atom stereocenters. The van der Waals surface area contributed by atoms with E-state index in [2.05, 4.69) is 43.6 Å². The Morgan fingerprint density at radius 2 is 1.93 bits per heavy atom. The molecule has 138 valence electrons. The van der Waals surface area contributed by atoms with Crippen molar-refractivity contribution in [2.24, 2.45) is 0 Å². The van der Waals surface area contributed by atoms with Crippen molar-refractivity contribution in [2.45, 2.75) is 31.6 Å². The molecule has 0 bridgehead atoms. The summed E-state index contributed by atoms with van der Waals surface area (Å²) in [4.78, 5) is 12.0. The van der Waals surface area contributed by atoms with Crippen LogP contribution >= 0.6 is 11.3 Å². The van der Waals surface area contributed by atoms with Gasteiger partial charge in [0.2, 0.25) is 0 Å². The van der Waals surface area contributed by atoms with Crippen molar-refractivity contribution in [3.05, 3.63) is 29.4 Å². The molecule has 1 aliphatic heterocycles. The zero-order chi connectivity index (χ0) is 18.1. The molecule has 0 amide bonds. The molecule has 0 atom stereocenters. The number of aromatic nitrogens is 4. The minimum atomic E-state index is -1.00. The van der Waals surface area contributed by atoms with Gasteiger partial charge in [-0.15, -0.1) is 0 Å². The third-order valence-corrected chi connectivity index (χ3v) is 10.3. The zero-order valence-electron chi connectivity index (χ0n) is 15.2. The van der Waals surface area contributed by atoms with Crippen LogP contribution in [0.3, 0.4) is 0 Å². The van der Waals surface area contributed by atoms with Crippen LogP contribution in [0, 0.1) is 0 Å². The molecule has 3 aromatic rings. The third kappa shape index (κ3) is 3.95. The van der Waals surface area contributed by atoms with Gasteiger partial charge in [0.15, 0.2) is 0 Å². The number of hydrogen-bond acceptors (Lipinski definition) is 7. The molecule has 3 aromatic heterocycles. The van der Waals surface area contributed by atoms with E-state index >= 15 is 0 Å². The fourth-order valence-corrected chi connectivity index (χ4v) is 8.63. The summed E-state index contributed by atoms with van der Waals surface area (Å²) in [6.07, 6.45) is 7.23. The van der Waals surface area contributed by atoms with Gasteiger partial charge in [0.05, 0.1) is 0 Å². The van der Waals surface area contributed by atoms with Crippen LogP contribution in [0.4, 0.5) is 5.69 Å². The maximum atomic E-state index is 4.94. The molecule has 2 fully saturated rings. The molecule has 2 aliphatic rings. The molecule has 6 nitrogen and oxygen atoms in total. The third-order valence-electron chi connectivity index (χ3n) is 5.39. The first-order chi connectivity index (χ1) is 13.3. The Balaban J connectivity index is 1.36. The van der Waals surface area contributed by atoms with E-state index in [-0.39, 0.29) is 0 Å². The van der Waals surface area contributed by atoms with E-state index in [1.807, 2.05) is 17.5 Å². The summed E-state index contributed by atoms with van der Waals surface area (Å²) < 4.78 is 2.44. The van der Waals surface area contributed by atoms with E-state index in [0.717, 1.165) is 37.2 Å². The Hall–Kier alpha value is -1.32. The van der Waals surface area contributed by atoms with Crippen LogP contribution in [0.2, 0.25) is 0 Å². The fraction of sp³-hybridized carbons (Fsp3) is 0.474. The van der Waals surface area contributed by atoms with E-state index in [4.69, 9.17) is 4.98 Å².